The number of nitrogens with two attached hydrogens (primary N) is 1. The van der Waals surface area contributed by atoms with Gasteiger partial charge in [-0.3, -0.25) is 4.98 Å². The molecule has 98 valence electrons. The Morgan fingerprint density at radius 1 is 1.16 bits per heavy atom. The number of hydrogen-bond donors (Lipinski definition) is 3. The molecule has 0 aliphatic carbocycles. The summed E-state index contributed by atoms with van der Waals surface area (Å²) in [6.45, 7) is 2.04. The molecule has 0 aliphatic rings. The average molecular weight is 256 g/mol. The Bertz CT molecular complexity index is 539. The summed E-state index contributed by atoms with van der Waals surface area (Å²) < 4.78 is 0. The number of carbonyl (C=O) groups excluding carboxylic acids is 1. The van der Waals surface area contributed by atoms with E-state index in [9.17, 15) is 4.79 Å². The van der Waals surface area contributed by atoms with Crippen molar-refractivity contribution in [2.45, 2.75) is 13.0 Å². The first-order valence-corrected chi connectivity index (χ1v) is 5.99. The van der Waals surface area contributed by atoms with Gasteiger partial charge in [0.05, 0.1) is 11.7 Å². The summed E-state index contributed by atoms with van der Waals surface area (Å²) in [5, 5.41) is 5.85. The van der Waals surface area contributed by atoms with E-state index in [1.54, 1.807) is 18.3 Å². The summed E-state index contributed by atoms with van der Waals surface area (Å²) in [6, 6.07) is 12.7. The minimum absolute atomic E-state index is 0.108. The van der Waals surface area contributed by atoms with Crippen LogP contribution in [-0.2, 0) is 0 Å². The van der Waals surface area contributed by atoms with Gasteiger partial charge >= 0.3 is 6.03 Å². The molecule has 0 fully saturated rings. The van der Waals surface area contributed by atoms with Gasteiger partial charge in [0.25, 0.3) is 0 Å². The Kier molecular flexibility index (Phi) is 3.97. The maximum absolute atomic E-state index is 10.7. The van der Waals surface area contributed by atoms with Crippen molar-refractivity contribution in [3.05, 3.63) is 54.4 Å². The third kappa shape index (κ3) is 3.70. The molecule has 19 heavy (non-hydrogen) atoms. The third-order valence-electron chi connectivity index (χ3n) is 2.67. The highest BCUT2D eigenvalue weighted by Gasteiger charge is 2.05. The number of primary amides is 1. The molecule has 2 amide bonds. The Labute approximate surface area is 111 Å². The van der Waals surface area contributed by atoms with E-state index in [2.05, 4.69) is 15.6 Å². The predicted octanol–water partition coefficient (Wildman–Crippen LogP) is 2.75. The number of benzene rings is 1. The quantitative estimate of drug-likeness (QED) is 0.786. The lowest BCUT2D eigenvalue weighted by Gasteiger charge is -2.15. The van der Waals surface area contributed by atoms with Crippen molar-refractivity contribution in [2.24, 2.45) is 5.73 Å². The summed E-state index contributed by atoms with van der Waals surface area (Å²) in [4.78, 5) is 15.0. The number of anilines is 2. The molecule has 5 heteroatoms. The lowest BCUT2D eigenvalue weighted by atomic mass is 10.2. The van der Waals surface area contributed by atoms with Crippen molar-refractivity contribution < 1.29 is 4.79 Å². The molecule has 0 spiro atoms. The first-order valence-electron chi connectivity index (χ1n) is 5.99. The number of rotatable bonds is 4. The lowest BCUT2D eigenvalue weighted by Crippen LogP contribution is -2.19. The second kappa shape index (κ2) is 5.86. The Hall–Kier alpha value is -2.56. The van der Waals surface area contributed by atoms with Crippen LogP contribution in [-0.4, -0.2) is 11.0 Å². The zero-order chi connectivity index (χ0) is 13.7. The molecule has 1 heterocycles. The third-order valence-corrected chi connectivity index (χ3v) is 2.67. The van der Waals surface area contributed by atoms with Crippen molar-refractivity contribution >= 4 is 17.4 Å². The van der Waals surface area contributed by atoms with Crippen molar-refractivity contribution in [3.8, 4) is 0 Å². The number of carbonyl (C=O) groups is 1. The summed E-state index contributed by atoms with van der Waals surface area (Å²) in [5.74, 6) is 0. The maximum Gasteiger partial charge on any atom is 0.316 e. The molecule has 0 saturated carbocycles. The van der Waals surface area contributed by atoms with Gasteiger partial charge in [0.2, 0.25) is 0 Å². The highest BCUT2D eigenvalue weighted by Crippen LogP contribution is 2.19. The van der Waals surface area contributed by atoms with Crippen LogP contribution < -0.4 is 16.4 Å². The number of hydrogen-bond acceptors (Lipinski definition) is 3. The van der Waals surface area contributed by atoms with Crippen molar-refractivity contribution in [2.75, 3.05) is 10.6 Å². The molecule has 2 aromatic rings. The van der Waals surface area contributed by atoms with E-state index in [0.29, 0.717) is 5.69 Å². The van der Waals surface area contributed by atoms with Crippen LogP contribution in [0.25, 0.3) is 0 Å². The van der Waals surface area contributed by atoms with Crippen LogP contribution >= 0.6 is 0 Å². The van der Waals surface area contributed by atoms with Crippen molar-refractivity contribution in [3.63, 3.8) is 0 Å². The van der Waals surface area contributed by atoms with Gasteiger partial charge in [-0.05, 0) is 43.3 Å². The van der Waals surface area contributed by atoms with E-state index in [4.69, 9.17) is 5.73 Å². The molecule has 0 aliphatic heterocycles. The minimum atomic E-state index is -0.567. The van der Waals surface area contributed by atoms with Gasteiger partial charge < -0.3 is 16.4 Å². The van der Waals surface area contributed by atoms with Gasteiger partial charge in [-0.25, -0.2) is 4.79 Å². The molecule has 4 N–H and O–H groups in total. The largest absolute Gasteiger partial charge is 0.377 e. The standard InChI is InChI=1S/C14H16N4O/c1-10(13-4-2-3-9-16-13)17-11-5-7-12(8-6-11)18-14(15)19/h2-10,17H,1H3,(H3,15,18,19). The lowest BCUT2D eigenvalue weighted by molar-refractivity contribution is 0.259. The highest BCUT2D eigenvalue weighted by atomic mass is 16.2. The van der Waals surface area contributed by atoms with Crippen LogP contribution in [0.4, 0.5) is 16.2 Å². The monoisotopic (exact) mass is 256 g/mol. The molecule has 2 rings (SSSR count). The van der Waals surface area contributed by atoms with Crippen LogP contribution in [0.5, 0.6) is 0 Å². The summed E-state index contributed by atoms with van der Waals surface area (Å²) in [7, 11) is 0. The molecule has 1 atom stereocenters. The van der Waals surface area contributed by atoms with E-state index in [1.807, 2.05) is 37.3 Å². The van der Waals surface area contributed by atoms with Gasteiger partial charge in [0, 0.05) is 17.6 Å². The smallest absolute Gasteiger partial charge is 0.316 e. The SMILES string of the molecule is CC(Nc1ccc(NC(N)=O)cc1)c1ccccn1. The van der Waals surface area contributed by atoms with E-state index in [1.165, 1.54) is 0 Å². The normalized spacial score (nSPS) is 11.6. The number of urea groups is 1. The highest BCUT2D eigenvalue weighted by molar-refractivity contribution is 5.87. The van der Waals surface area contributed by atoms with Crippen molar-refractivity contribution in [1.82, 2.24) is 4.98 Å². The molecule has 0 saturated heterocycles. The average Bonchev–Trinajstić information content (AvgIpc) is 2.41. The Balaban J connectivity index is 2.01. The number of pyridine rings is 1. The number of amides is 2. The van der Waals surface area contributed by atoms with E-state index in [0.717, 1.165) is 11.4 Å². The zero-order valence-corrected chi connectivity index (χ0v) is 10.6. The molecule has 1 aromatic carbocycles. The van der Waals surface area contributed by atoms with Crippen LogP contribution in [0.15, 0.2) is 48.7 Å². The molecular formula is C14H16N4O. The number of aromatic nitrogens is 1. The fourth-order valence-electron chi connectivity index (χ4n) is 1.75. The fourth-order valence-corrected chi connectivity index (χ4v) is 1.75. The molecule has 0 bridgehead atoms. The maximum atomic E-state index is 10.7. The second-order valence-corrected chi connectivity index (χ2v) is 4.19. The topological polar surface area (TPSA) is 80.0 Å². The predicted molar refractivity (Wildman–Crippen MR) is 75.9 cm³/mol. The summed E-state index contributed by atoms with van der Waals surface area (Å²) in [6.07, 6.45) is 1.77. The van der Waals surface area contributed by atoms with Gasteiger partial charge in [-0.1, -0.05) is 6.07 Å². The molecular weight excluding hydrogens is 240 g/mol. The molecule has 0 radical (unpaired) electrons. The minimum Gasteiger partial charge on any atom is -0.377 e. The molecule has 5 nitrogen and oxygen atoms in total. The summed E-state index contributed by atoms with van der Waals surface area (Å²) >= 11 is 0. The van der Waals surface area contributed by atoms with Crippen LogP contribution in [0.2, 0.25) is 0 Å². The fraction of sp³-hybridized carbons (Fsp3) is 0.143. The van der Waals surface area contributed by atoms with Crippen molar-refractivity contribution in [1.29, 1.82) is 0 Å². The van der Waals surface area contributed by atoms with Crippen LogP contribution in [0.1, 0.15) is 18.7 Å². The van der Waals surface area contributed by atoms with Crippen LogP contribution in [0, 0.1) is 0 Å². The van der Waals surface area contributed by atoms with Gasteiger partial charge in [-0.2, -0.15) is 0 Å². The second-order valence-electron chi connectivity index (χ2n) is 4.19. The Morgan fingerprint density at radius 2 is 1.84 bits per heavy atom. The Morgan fingerprint density at radius 3 is 2.42 bits per heavy atom. The zero-order valence-electron chi connectivity index (χ0n) is 10.6. The van der Waals surface area contributed by atoms with E-state index >= 15 is 0 Å². The van der Waals surface area contributed by atoms with Gasteiger partial charge in [0.1, 0.15) is 0 Å². The van der Waals surface area contributed by atoms with Crippen LogP contribution in [0.3, 0.4) is 0 Å². The molecule has 1 unspecified atom stereocenters. The van der Waals surface area contributed by atoms with E-state index < -0.39 is 6.03 Å². The summed E-state index contributed by atoms with van der Waals surface area (Å²) in [5.41, 5.74) is 7.64. The number of nitrogens with one attached hydrogen (secondary N) is 2. The van der Waals surface area contributed by atoms with E-state index in [-0.39, 0.29) is 6.04 Å². The number of nitrogens with zero attached hydrogens (tertiary/aromatic N) is 1. The first-order chi connectivity index (χ1) is 9.15. The van der Waals surface area contributed by atoms with Gasteiger partial charge in [-0.15, -0.1) is 0 Å². The molecule has 1 aromatic heterocycles. The first kappa shape index (κ1) is 12.9. The van der Waals surface area contributed by atoms with Gasteiger partial charge in [0.15, 0.2) is 0 Å².